The van der Waals surface area contributed by atoms with Crippen LogP contribution in [0.1, 0.15) is 23.0 Å². The zero-order valence-electron chi connectivity index (χ0n) is 9.46. The van der Waals surface area contributed by atoms with Gasteiger partial charge in [-0.15, -0.1) is 0 Å². The first-order chi connectivity index (χ1) is 8.31. The Morgan fingerprint density at radius 3 is 2.94 bits per heavy atom. The molecule has 0 N–H and O–H groups in total. The number of ketones is 1. The first kappa shape index (κ1) is 11.3. The summed E-state index contributed by atoms with van der Waals surface area (Å²) in [6.45, 7) is 2.43. The van der Waals surface area contributed by atoms with Crippen LogP contribution in [-0.4, -0.2) is 22.4 Å². The van der Waals surface area contributed by atoms with Crippen molar-refractivity contribution in [2.45, 2.75) is 6.92 Å². The van der Waals surface area contributed by atoms with Gasteiger partial charge in [0.05, 0.1) is 12.8 Å². The second kappa shape index (κ2) is 5.21. The van der Waals surface area contributed by atoms with E-state index in [1.165, 1.54) is 6.20 Å². The molecule has 0 amide bonds. The summed E-state index contributed by atoms with van der Waals surface area (Å²) in [5.41, 5.74) is 0.887. The van der Waals surface area contributed by atoms with Crippen molar-refractivity contribution in [3.05, 3.63) is 54.1 Å². The molecular weight excluding hydrogens is 216 g/mol. The molecule has 2 heterocycles. The highest BCUT2D eigenvalue weighted by Gasteiger charge is 2.11. The predicted molar refractivity (Wildman–Crippen MR) is 63.1 cm³/mol. The third-order valence-electron chi connectivity index (χ3n) is 2.18. The lowest BCUT2D eigenvalue weighted by atomic mass is 10.1. The molecule has 0 saturated heterocycles. The first-order valence-electron chi connectivity index (χ1n) is 5.35. The number of nitrogens with zero attached hydrogens (tertiary/aromatic N) is 2. The van der Waals surface area contributed by atoms with Gasteiger partial charge in [0.1, 0.15) is 11.4 Å². The Morgan fingerprint density at radius 1 is 1.35 bits per heavy atom. The van der Waals surface area contributed by atoms with Crippen molar-refractivity contribution in [1.82, 2.24) is 9.97 Å². The Kier molecular flexibility index (Phi) is 3.45. The maximum absolute atomic E-state index is 12.0. The van der Waals surface area contributed by atoms with Crippen LogP contribution in [0.3, 0.4) is 0 Å². The van der Waals surface area contributed by atoms with E-state index in [9.17, 15) is 4.79 Å². The van der Waals surface area contributed by atoms with E-state index in [1.54, 1.807) is 36.7 Å². The molecule has 0 aliphatic heterocycles. The largest absolute Gasteiger partial charge is 0.492 e. The lowest BCUT2D eigenvalue weighted by Gasteiger charge is -2.04. The van der Waals surface area contributed by atoms with Crippen LogP contribution in [0, 0.1) is 0 Å². The Hall–Kier alpha value is -2.23. The standard InChI is InChI=1S/C13H12N2O2/c1-2-17-11-7-10(8-14-9-11)13(16)12-5-3-4-6-15-12/h3-9H,2H2,1H3. The van der Waals surface area contributed by atoms with E-state index in [0.29, 0.717) is 23.6 Å². The summed E-state index contributed by atoms with van der Waals surface area (Å²) in [5.74, 6) is 0.439. The van der Waals surface area contributed by atoms with E-state index in [4.69, 9.17) is 4.74 Å². The number of hydrogen-bond acceptors (Lipinski definition) is 4. The fourth-order valence-corrected chi connectivity index (χ4v) is 1.43. The molecule has 4 nitrogen and oxygen atoms in total. The Morgan fingerprint density at radius 2 is 2.24 bits per heavy atom. The lowest BCUT2D eigenvalue weighted by Crippen LogP contribution is -2.04. The second-order valence-electron chi connectivity index (χ2n) is 3.39. The molecule has 0 saturated carbocycles. The van der Waals surface area contributed by atoms with Crippen molar-refractivity contribution < 1.29 is 9.53 Å². The summed E-state index contributed by atoms with van der Waals surface area (Å²) in [5, 5.41) is 0. The highest BCUT2D eigenvalue weighted by molar-refractivity contribution is 6.07. The monoisotopic (exact) mass is 228 g/mol. The Labute approximate surface area is 99.3 Å². The second-order valence-corrected chi connectivity index (χ2v) is 3.39. The maximum atomic E-state index is 12.0. The lowest BCUT2D eigenvalue weighted by molar-refractivity contribution is 0.103. The van der Waals surface area contributed by atoms with Crippen LogP contribution < -0.4 is 4.74 Å². The summed E-state index contributed by atoms with van der Waals surface area (Å²) in [6, 6.07) is 6.90. The van der Waals surface area contributed by atoms with Gasteiger partial charge < -0.3 is 4.74 Å². The van der Waals surface area contributed by atoms with Crippen molar-refractivity contribution in [3.8, 4) is 5.75 Å². The number of carbonyl (C=O) groups is 1. The van der Waals surface area contributed by atoms with E-state index < -0.39 is 0 Å². The van der Waals surface area contributed by atoms with Crippen LogP contribution in [0.25, 0.3) is 0 Å². The first-order valence-corrected chi connectivity index (χ1v) is 5.35. The van der Waals surface area contributed by atoms with Gasteiger partial charge in [-0.2, -0.15) is 0 Å². The molecule has 4 heteroatoms. The fraction of sp³-hybridized carbons (Fsp3) is 0.154. The van der Waals surface area contributed by atoms with Crippen molar-refractivity contribution >= 4 is 5.78 Å². The number of rotatable bonds is 4. The molecule has 0 unspecified atom stereocenters. The van der Waals surface area contributed by atoms with Crippen molar-refractivity contribution in [2.24, 2.45) is 0 Å². The number of carbonyl (C=O) groups excluding carboxylic acids is 1. The molecule has 0 aromatic carbocycles. The molecule has 86 valence electrons. The van der Waals surface area contributed by atoms with E-state index in [0.717, 1.165) is 0 Å². The highest BCUT2D eigenvalue weighted by atomic mass is 16.5. The van der Waals surface area contributed by atoms with Crippen LogP contribution in [0.5, 0.6) is 5.75 Å². The fourth-order valence-electron chi connectivity index (χ4n) is 1.43. The Balaban J connectivity index is 2.28. The minimum Gasteiger partial charge on any atom is -0.492 e. The van der Waals surface area contributed by atoms with E-state index >= 15 is 0 Å². The van der Waals surface area contributed by atoms with Gasteiger partial charge >= 0.3 is 0 Å². The average molecular weight is 228 g/mol. The van der Waals surface area contributed by atoms with E-state index in [1.807, 2.05) is 6.92 Å². The summed E-state index contributed by atoms with van der Waals surface area (Å²) in [7, 11) is 0. The molecule has 0 atom stereocenters. The van der Waals surface area contributed by atoms with Crippen LogP contribution in [0.15, 0.2) is 42.9 Å². The molecule has 0 aliphatic carbocycles. The zero-order chi connectivity index (χ0) is 12.1. The molecule has 17 heavy (non-hydrogen) atoms. The highest BCUT2D eigenvalue weighted by Crippen LogP contribution is 2.13. The van der Waals surface area contributed by atoms with Gasteiger partial charge in [-0.25, -0.2) is 0 Å². The molecule has 0 fully saturated rings. The third kappa shape index (κ3) is 2.66. The molecule has 0 bridgehead atoms. The molecule has 0 aliphatic rings. The molecule has 2 rings (SSSR count). The molecular formula is C13H12N2O2. The van der Waals surface area contributed by atoms with Crippen molar-refractivity contribution in [1.29, 1.82) is 0 Å². The van der Waals surface area contributed by atoms with Gasteiger partial charge in [-0.05, 0) is 25.1 Å². The SMILES string of the molecule is CCOc1cncc(C(=O)c2ccccn2)c1. The number of ether oxygens (including phenoxy) is 1. The van der Waals surface area contributed by atoms with Crippen LogP contribution in [0.2, 0.25) is 0 Å². The van der Waals surface area contributed by atoms with E-state index in [2.05, 4.69) is 9.97 Å². The maximum Gasteiger partial charge on any atom is 0.213 e. The van der Waals surface area contributed by atoms with Gasteiger partial charge in [0.2, 0.25) is 5.78 Å². The van der Waals surface area contributed by atoms with Crippen molar-refractivity contribution in [3.63, 3.8) is 0 Å². The quantitative estimate of drug-likeness (QED) is 0.752. The van der Waals surface area contributed by atoms with E-state index in [-0.39, 0.29) is 5.78 Å². The van der Waals surface area contributed by atoms with Gasteiger partial charge in [0.25, 0.3) is 0 Å². The molecule has 2 aromatic rings. The molecule has 2 aromatic heterocycles. The van der Waals surface area contributed by atoms with Crippen LogP contribution >= 0.6 is 0 Å². The molecule has 0 radical (unpaired) electrons. The summed E-state index contributed by atoms with van der Waals surface area (Å²) in [4.78, 5) is 20.0. The minimum atomic E-state index is -0.153. The third-order valence-corrected chi connectivity index (χ3v) is 2.18. The zero-order valence-corrected chi connectivity index (χ0v) is 9.46. The molecule has 0 spiro atoms. The van der Waals surface area contributed by atoms with Gasteiger partial charge in [-0.3, -0.25) is 14.8 Å². The topological polar surface area (TPSA) is 52.1 Å². The van der Waals surface area contributed by atoms with Gasteiger partial charge in [0.15, 0.2) is 0 Å². The van der Waals surface area contributed by atoms with Crippen molar-refractivity contribution in [2.75, 3.05) is 6.61 Å². The van der Waals surface area contributed by atoms with Gasteiger partial charge in [0, 0.05) is 18.0 Å². The minimum absolute atomic E-state index is 0.153. The summed E-state index contributed by atoms with van der Waals surface area (Å²) < 4.78 is 5.30. The Bertz CT molecular complexity index is 512. The smallest absolute Gasteiger partial charge is 0.213 e. The normalized spacial score (nSPS) is 9.94. The van der Waals surface area contributed by atoms with Crippen LogP contribution in [-0.2, 0) is 0 Å². The van der Waals surface area contributed by atoms with Crippen LogP contribution in [0.4, 0.5) is 0 Å². The summed E-state index contributed by atoms with van der Waals surface area (Å²) >= 11 is 0. The van der Waals surface area contributed by atoms with Gasteiger partial charge in [-0.1, -0.05) is 6.07 Å². The predicted octanol–water partition coefficient (Wildman–Crippen LogP) is 2.11. The number of pyridine rings is 2. The average Bonchev–Trinajstić information content (AvgIpc) is 2.40. The number of hydrogen-bond donors (Lipinski definition) is 0. The number of aromatic nitrogens is 2. The summed E-state index contributed by atoms with van der Waals surface area (Å²) in [6.07, 6.45) is 4.69.